The highest BCUT2D eigenvalue weighted by Gasteiger charge is 2.35. The Bertz CT molecular complexity index is 1470. The predicted octanol–water partition coefficient (Wildman–Crippen LogP) is 4.99. The smallest absolute Gasteiger partial charge is 0.408 e. The maximum atomic E-state index is 13.6. The number of alkyl carbamates (subject to hydrolysis) is 2. The lowest BCUT2D eigenvalue weighted by Gasteiger charge is -2.29. The summed E-state index contributed by atoms with van der Waals surface area (Å²) < 4.78 is 16.1. The second-order valence-corrected chi connectivity index (χ2v) is 13.2. The van der Waals surface area contributed by atoms with Gasteiger partial charge in [-0.2, -0.15) is 0 Å². The number of ether oxygens (including phenoxy) is 3. The summed E-state index contributed by atoms with van der Waals surface area (Å²) in [5, 5.41) is 21.0. The summed E-state index contributed by atoms with van der Waals surface area (Å²) in [6.07, 6.45) is 6.47. The maximum absolute atomic E-state index is 13.6. The van der Waals surface area contributed by atoms with Crippen LogP contribution in [0, 0.1) is 5.92 Å². The molecule has 13 nitrogen and oxygen atoms in total. The molecule has 0 heterocycles. The molecule has 1 aliphatic rings. The predicted molar refractivity (Wildman–Crippen MR) is 199 cm³/mol. The Morgan fingerprint density at radius 1 is 0.792 bits per heavy atom. The van der Waals surface area contributed by atoms with Gasteiger partial charge in [0.05, 0.1) is 24.1 Å². The van der Waals surface area contributed by atoms with Gasteiger partial charge >= 0.3 is 18.2 Å². The number of carbonyl (C=O) groups excluding carboxylic acids is 5. The molecule has 3 atom stereocenters. The molecule has 2 aromatic rings. The Labute approximate surface area is 311 Å². The normalized spacial score (nSPS) is 14.7. The lowest BCUT2D eigenvalue weighted by atomic mass is 9.95. The van der Waals surface area contributed by atoms with Crippen molar-refractivity contribution in [2.45, 2.75) is 95.0 Å². The first-order valence-corrected chi connectivity index (χ1v) is 18.2. The quantitative estimate of drug-likeness (QED) is 0.0455. The van der Waals surface area contributed by atoms with Gasteiger partial charge in [0, 0.05) is 13.0 Å². The van der Waals surface area contributed by atoms with Crippen LogP contribution in [0.1, 0.15) is 75.3 Å². The number of hydrogen-bond donors (Lipinski definition) is 5. The van der Waals surface area contributed by atoms with E-state index in [1.165, 1.54) is 6.08 Å². The lowest BCUT2D eigenvalue weighted by Crippen LogP contribution is -2.50. The van der Waals surface area contributed by atoms with E-state index in [9.17, 15) is 29.1 Å². The zero-order valence-electron chi connectivity index (χ0n) is 30.4. The number of rotatable bonds is 23. The Balaban J connectivity index is 1.58. The molecular weight excluding hydrogens is 680 g/mol. The fourth-order valence-electron chi connectivity index (χ4n) is 6.00. The minimum atomic E-state index is -1.08. The molecule has 288 valence electrons. The third-order valence-corrected chi connectivity index (χ3v) is 8.95. The summed E-state index contributed by atoms with van der Waals surface area (Å²) in [6.45, 7) is 7.50. The van der Waals surface area contributed by atoms with Crippen LogP contribution in [0.3, 0.4) is 0 Å². The molecule has 0 saturated heterocycles. The van der Waals surface area contributed by atoms with Crippen LogP contribution in [0.5, 0.6) is 0 Å². The summed E-state index contributed by atoms with van der Waals surface area (Å²) in [5.41, 5.74) is 0.973. The van der Waals surface area contributed by atoms with Crippen molar-refractivity contribution in [3.8, 4) is 0 Å². The molecule has 4 amide bonds. The lowest BCUT2D eigenvalue weighted by molar-refractivity contribution is -0.147. The van der Waals surface area contributed by atoms with Crippen LogP contribution in [0.25, 0.3) is 0 Å². The van der Waals surface area contributed by atoms with Gasteiger partial charge in [-0.05, 0) is 56.1 Å². The largest absolute Gasteiger partial charge is 0.462 e. The van der Waals surface area contributed by atoms with Crippen LogP contribution in [0.4, 0.5) is 9.59 Å². The number of aliphatic hydroxyl groups is 1. The molecule has 13 heteroatoms. The second kappa shape index (κ2) is 23.4. The zero-order chi connectivity index (χ0) is 38.3. The molecule has 53 heavy (non-hydrogen) atoms. The van der Waals surface area contributed by atoms with Crippen molar-refractivity contribution in [3.63, 3.8) is 0 Å². The fraction of sp³-hybridized carbons (Fsp3) is 0.475. The molecule has 0 spiro atoms. The minimum Gasteiger partial charge on any atom is -0.462 e. The molecule has 0 aliphatic heterocycles. The van der Waals surface area contributed by atoms with Gasteiger partial charge in [0.15, 0.2) is 0 Å². The van der Waals surface area contributed by atoms with Gasteiger partial charge in [0.25, 0.3) is 0 Å². The molecule has 3 unspecified atom stereocenters. The Hall–Kier alpha value is -5.17. The van der Waals surface area contributed by atoms with E-state index in [-0.39, 0.29) is 51.6 Å². The van der Waals surface area contributed by atoms with E-state index in [1.54, 1.807) is 18.2 Å². The number of allylic oxidation sites excluding steroid dienone is 1. The highest BCUT2D eigenvalue weighted by molar-refractivity contribution is 5.86. The monoisotopic (exact) mass is 734 g/mol. The number of hydrogen-bond acceptors (Lipinski definition) is 9. The molecule has 1 aliphatic carbocycles. The number of aliphatic hydroxyl groups excluding tert-OH is 1. The summed E-state index contributed by atoms with van der Waals surface area (Å²) in [6, 6.07) is 16.7. The molecule has 1 saturated carbocycles. The minimum absolute atomic E-state index is 0.0150. The van der Waals surface area contributed by atoms with Gasteiger partial charge in [-0.1, -0.05) is 85.7 Å². The Morgan fingerprint density at radius 3 is 1.98 bits per heavy atom. The zero-order valence-corrected chi connectivity index (χ0v) is 30.4. The van der Waals surface area contributed by atoms with Crippen molar-refractivity contribution in [2.75, 3.05) is 19.8 Å². The Kier molecular flexibility index (Phi) is 18.7. The first-order chi connectivity index (χ1) is 25.7. The van der Waals surface area contributed by atoms with Crippen LogP contribution < -0.4 is 21.3 Å². The van der Waals surface area contributed by atoms with E-state index in [0.29, 0.717) is 38.6 Å². The van der Waals surface area contributed by atoms with Crippen LogP contribution in [-0.2, 0) is 41.8 Å². The highest BCUT2D eigenvalue weighted by Crippen LogP contribution is 2.29. The summed E-state index contributed by atoms with van der Waals surface area (Å²) in [4.78, 5) is 64.4. The van der Waals surface area contributed by atoms with Crippen LogP contribution in [-0.4, -0.2) is 72.5 Å². The average molecular weight is 735 g/mol. The van der Waals surface area contributed by atoms with Gasteiger partial charge in [-0.25, -0.2) is 14.4 Å². The average Bonchev–Trinajstić information content (AvgIpc) is 3.64. The highest BCUT2D eigenvalue weighted by atomic mass is 16.6. The third kappa shape index (κ3) is 15.9. The van der Waals surface area contributed by atoms with Gasteiger partial charge in [-0.15, -0.1) is 13.2 Å². The number of unbranched alkanes of at least 4 members (excludes halogenated alkanes) is 1. The number of nitrogens with one attached hydrogen (secondary N) is 4. The van der Waals surface area contributed by atoms with Crippen molar-refractivity contribution in [1.29, 1.82) is 0 Å². The van der Waals surface area contributed by atoms with E-state index >= 15 is 0 Å². The first-order valence-electron chi connectivity index (χ1n) is 18.2. The summed E-state index contributed by atoms with van der Waals surface area (Å²) >= 11 is 0. The van der Waals surface area contributed by atoms with Gasteiger partial charge < -0.3 is 40.6 Å². The van der Waals surface area contributed by atoms with Crippen molar-refractivity contribution in [1.82, 2.24) is 21.3 Å². The summed E-state index contributed by atoms with van der Waals surface area (Å²) in [7, 11) is 0. The molecule has 0 radical (unpaired) electrons. The van der Waals surface area contributed by atoms with E-state index in [0.717, 1.165) is 24.0 Å². The fourth-order valence-corrected chi connectivity index (χ4v) is 6.00. The molecule has 5 N–H and O–H groups in total. The molecule has 1 fully saturated rings. The number of esters is 1. The molecule has 2 aromatic carbocycles. The second-order valence-electron chi connectivity index (χ2n) is 13.2. The van der Waals surface area contributed by atoms with Crippen LogP contribution >= 0.6 is 0 Å². The SMILES string of the molecule is C=CCC(CC(=O)NC1(CO)CCCC1)C(=O)NC(CCCCNC(=O)OCc1ccccc1)COC(=O)C(CC=C)NC(=O)OCc1ccccc1. The number of benzene rings is 2. The van der Waals surface area contributed by atoms with Crippen LogP contribution in [0.2, 0.25) is 0 Å². The first kappa shape index (κ1) is 42.2. The van der Waals surface area contributed by atoms with Gasteiger partial charge in [0.2, 0.25) is 11.8 Å². The molecular formula is C40H54N4O9. The molecule has 3 rings (SSSR count). The van der Waals surface area contributed by atoms with Gasteiger partial charge in [-0.3, -0.25) is 9.59 Å². The molecule has 0 aromatic heterocycles. The van der Waals surface area contributed by atoms with E-state index < -0.39 is 47.6 Å². The van der Waals surface area contributed by atoms with Crippen molar-refractivity contribution in [3.05, 3.63) is 97.1 Å². The summed E-state index contributed by atoms with van der Waals surface area (Å²) in [5.74, 6) is -2.25. The van der Waals surface area contributed by atoms with E-state index in [4.69, 9.17) is 14.2 Å². The number of amides is 4. The van der Waals surface area contributed by atoms with Crippen LogP contribution in [0.15, 0.2) is 86.0 Å². The van der Waals surface area contributed by atoms with E-state index in [1.807, 2.05) is 48.5 Å². The van der Waals surface area contributed by atoms with Gasteiger partial charge in [0.1, 0.15) is 25.9 Å². The van der Waals surface area contributed by atoms with Crippen molar-refractivity contribution < 1.29 is 43.3 Å². The van der Waals surface area contributed by atoms with Crippen molar-refractivity contribution >= 4 is 30.0 Å². The van der Waals surface area contributed by atoms with Crippen molar-refractivity contribution in [2.24, 2.45) is 5.92 Å². The topological polar surface area (TPSA) is 181 Å². The number of carbonyl (C=O) groups is 5. The standard InChI is InChI=1S/C40H54N4O9/c1-3-15-32(25-35(46)44-40(29-45)22-12-13-23-40)36(47)42-33(21-11-14-24-41-38(49)52-26-30-17-7-5-8-18-30)28-51-37(48)34(16-4-2)43-39(50)53-27-31-19-9-6-10-20-31/h3-10,17-20,32-34,45H,1-2,11-16,21-29H2,(H,41,49)(H,42,47)(H,43,50)(H,44,46). The molecule has 0 bridgehead atoms. The maximum Gasteiger partial charge on any atom is 0.408 e. The third-order valence-electron chi connectivity index (χ3n) is 8.95. The van der Waals surface area contributed by atoms with E-state index in [2.05, 4.69) is 34.4 Å². The Morgan fingerprint density at radius 2 is 1.40 bits per heavy atom.